The van der Waals surface area contributed by atoms with Gasteiger partial charge in [0, 0.05) is 17.6 Å². The van der Waals surface area contributed by atoms with E-state index in [1.807, 2.05) is 24.3 Å². The molecule has 3 rings (SSSR count). The van der Waals surface area contributed by atoms with E-state index >= 15 is 0 Å². The van der Waals surface area contributed by atoms with Crippen molar-refractivity contribution in [1.82, 2.24) is 9.97 Å². The molecule has 1 aliphatic carbocycles. The van der Waals surface area contributed by atoms with Gasteiger partial charge in [0.05, 0.1) is 0 Å². The van der Waals surface area contributed by atoms with E-state index in [0.717, 1.165) is 29.1 Å². The number of benzene rings is 1. The third-order valence-electron chi connectivity index (χ3n) is 3.91. The molecular formula is C17H21N3OS. The van der Waals surface area contributed by atoms with Gasteiger partial charge < -0.3 is 10.1 Å². The molecule has 1 N–H and O–H groups in total. The molecule has 1 saturated carbocycles. The van der Waals surface area contributed by atoms with Gasteiger partial charge in [-0.25, -0.2) is 4.98 Å². The van der Waals surface area contributed by atoms with Gasteiger partial charge in [0.2, 0.25) is 0 Å². The zero-order valence-corrected chi connectivity index (χ0v) is 13.4. The third kappa shape index (κ3) is 4.13. The van der Waals surface area contributed by atoms with Crippen LogP contribution in [0.4, 0.5) is 5.82 Å². The standard InChI is InChI=1S/C17H21N3OS/c22-15-9-5-4-6-13(15)12-19-16-10-11-18-17(20-16)21-14-7-2-1-3-8-14/h4-6,9-11,14,22H,1-3,7-8,12H2,(H,18,19,20). The lowest BCUT2D eigenvalue weighted by Gasteiger charge is -2.21. The van der Waals surface area contributed by atoms with Crippen LogP contribution in [0.1, 0.15) is 37.7 Å². The second kappa shape index (κ2) is 7.49. The van der Waals surface area contributed by atoms with Crippen molar-refractivity contribution in [3.63, 3.8) is 0 Å². The highest BCUT2D eigenvalue weighted by Crippen LogP contribution is 2.22. The second-order valence-electron chi connectivity index (χ2n) is 5.58. The Bertz CT molecular complexity index is 614. The first-order valence-corrected chi connectivity index (χ1v) is 8.26. The van der Waals surface area contributed by atoms with Crippen molar-refractivity contribution < 1.29 is 4.74 Å². The van der Waals surface area contributed by atoms with Crippen molar-refractivity contribution in [1.29, 1.82) is 0 Å². The molecule has 1 aromatic carbocycles. The smallest absolute Gasteiger partial charge is 0.318 e. The van der Waals surface area contributed by atoms with Gasteiger partial charge in [0.25, 0.3) is 0 Å². The summed E-state index contributed by atoms with van der Waals surface area (Å²) < 4.78 is 5.89. The van der Waals surface area contributed by atoms with Gasteiger partial charge >= 0.3 is 6.01 Å². The number of thiol groups is 1. The average Bonchev–Trinajstić information content (AvgIpc) is 2.55. The molecule has 5 heteroatoms. The normalized spacial score (nSPS) is 15.5. The number of anilines is 1. The van der Waals surface area contributed by atoms with Crippen LogP contribution < -0.4 is 10.1 Å². The van der Waals surface area contributed by atoms with Crippen molar-refractivity contribution in [2.24, 2.45) is 0 Å². The van der Waals surface area contributed by atoms with E-state index in [4.69, 9.17) is 4.74 Å². The average molecular weight is 315 g/mol. The molecule has 116 valence electrons. The van der Waals surface area contributed by atoms with Gasteiger partial charge in [-0.15, -0.1) is 12.6 Å². The van der Waals surface area contributed by atoms with Crippen LogP contribution >= 0.6 is 12.6 Å². The summed E-state index contributed by atoms with van der Waals surface area (Å²) >= 11 is 4.45. The maximum Gasteiger partial charge on any atom is 0.318 e. The number of nitrogens with one attached hydrogen (secondary N) is 1. The zero-order valence-electron chi connectivity index (χ0n) is 12.5. The fourth-order valence-corrected chi connectivity index (χ4v) is 2.91. The van der Waals surface area contributed by atoms with Crippen LogP contribution in [0.15, 0.2) is 41.4 Å². The Labute approximate surface area is 136 Å². The quantitative estimate of drug-likeness (QED) is 0.816. The molecule has 0 radical (unpaired) electrons. The first-order chi connectivity index (χ1) is 10.8. The molecule has 22 heavy (non-hydrogen) atoms. The van der Waals surface area contributed by atoms with Gasteiger partial charge in [-0.3, -0.25) is 0 Å². The van der Waals surface area contributed by atoms with E-state index in [-0.39, 0.29) is 6.10 Å². The molecule has 4 nitrogen and oxygen atoms in total. The summed E-state index contributed by atoms with van der Waals surface area (Å²) in [7, 11) is 0. The van der Waals surface area contributed by atoms with E-state index in [1.165, 1.54) is 19.3 Å². The Balaban J connectivity index is 1.60. The molecule has 1 aliphatic rings. The Hall–Kier alpha value is -1.75. The van der Waals surface area contributed by atoms with E-state index in [0.29, 0.717) is 12.6 Å². The molecular weight excluding hydrogens is 294 g/mol. The third-order valence-corrected chi connectivity index (χ3v) is 4.35. The van der Waals surface area contributed by atoms with Crippen molar-refractivity contribution in [3.05, 3.63) is 42.1 Å². The maximum absolute atomic E-state index is 5.89. The van der Waals surface area contributed by atoms with Crippen molar-refractivity contribution in [2.45, 2.75) is 49.6 Å². The number of hydrogen-bond acceptors (Lipinski definition) is 5. The molecule has 1 aromatic heterocycles. The number of aromatic nitrogens is 2. The largest absolute Gasteiger partial charge is 0.460 e. The molecule has 2 aromatic rings. The lowest BCUT2D eigenvalue weighted by Crippen LogP contribution is -2.20. The molecule has 0 bridgehead atoms. The molecule has 0 unspecified atom stereocenters. The van der Waals surface area contributed by atoms with Crippen LogP contribution in [0.2, 0.25) is 0 Å². The summed E-state index contributed by atoms with van der Waals surface area (Å²) in [6.45, 7) is 0.680. The fourth-order valence-electron chi connectivity index (χ4n) is 2.67. The van der Waals surface area contributed by atoms with Crippen LogP contribution in [-0.2, 0) is 6.54 Å². The van der Waals surface area contributed by atoms with E-state index in [9.17, 15) is 0 Å². The van der Waals surface area contributed by atoms with Crippen LogP contribution in [-0.4, -0.2) is 16.1 Å². The molecule has 0 spiro atoms. The Morgan fingerprint density at radius 3 is 2.77 bits per heavy atom. The van der Waals surface area contributed by atoms with Crippen molar-refractivity contribution in [3.8, 4) is 6.01 Å². The lowest BCUT2D eigenvalue weighted by molar-refractivity contribution is 0.142. The van der Waals surface area contributed by atoms with Gasteiger partial charge in [-0.2, -0.15) is 4.98 Å². The van der Waals surface area contributed by atoms with Crippen LogP contribution in [0, 0.1) is 0 Å². The highest BCUT2D eigenvalue weighted by atomic mass is 32.1. The highest BCUT2D eigenvalue weighted by Gasteiger charge is 2.16. The minimum Gasteiger partial charge on any atom is -0.460 e. The Morgan fingerprint density at radius 1 is 1.14 bits per heavy atom. The lowest BCUT2D eigenvalue weighted by atomic mass is 9.98. The number of nitrogens with zero attached hydrogens (tertiary/aromatic N) is 2. The number of hydrogen-bond donors (Lipinski definition) is 2. The molecule has 0 atom stereocenters. The summed E-state index contributed by atoms with van der Waals surface area (Å²) in [5.74, 6) is 0.775. The first kappa shape index (κ1) is 15.2. The summed E-state index contributed by atoms with van der Waals surface area (Å²) in [4.78, 5) is 9.63. The maximum atomic E-state index is 5.89. The van der Waals surface area contributed by atoms with Gasteiger partial charge in [0.15, 0.2) is 0 Å². The van der Waals surface area contributed by atoms with Gasteiger partial charge in [0.1, 0.15) is 11.9 Å². The molecule has 1 fully saturated rings. The molecule has 0 aliphatic heterocycles. The molecule has 1 heterocycles. The van der Waals surface area contributed by atoms with Crippen molar-refractivity contribution in [2.75, 3.05) is 5.32 Å². The fraction of sp³-hybridized carbons (Fsp3) is 0.412. The predicted octanol–water partition coefficient (Wildman–Crippen LogP) is 4.09. The van der Waals surface area contributed by atoms with Crippen LogP contribution in [0.3, 0.4) is 0 Å². The van der Waals surface area contributed by atoms with Gasteiger partial charge in [-0.1, -0.05) is 24.6 Å². The minimum atomic E-state index is 0.266. The van der Waals surface area contributed by atoms with E-state index < -0.39 is 0 Å². The Morgan fingerprint density at radius 2 is 1.95 bits per heavy atom. The van der Waals surface area contributed by atoms with Crippen LogP contribution in [0.5, 0.6) is 6.01 Å². The minimum absolute atomic E-state index is 0.266. The molecule has 0 amide bonds. The molecule has 0 saturated heterocycles. The number of ether oxygens (including phenoxy) is 1. The Kier molecular flexibility index (Phi) is 5.16. The topological polar surface area (TPSA) is 47.0 Å². The van der Waals surface area contributed by atoms with Crippen LogP contribution in [0.25, 0.3) is 0 Å². The number of rotatable bonds is 5. The predicted molar refractivity (Wildman–Crippen MR) is 90.6 cm³/mol. The monoisotopic (exact) mass is 315 g/mol. The first-order valence-electron chi connectivity index (χ1n) is 7.82. The summed E-state index contributed by atoms with van der Waals surface area (Å²) in [5, 5.41) is 3.30. The SMILES string of the molecule is Sc1ccccc1CNc1ccnc(OC2CCCCC2)n1. The summed E-state index contributed by atoms with van der Waals surface area (Å²) in [6.07, 6.45) is 8.00. The summed E-state index contributed by atoms with van der Waals surface area (Å²) in [6, 6.07) is 10.3. The highest BCUT2D eigenvalue weighted by molar-refractivity contribution is 7.80. The van der Waals surface area contributed by atoms with Crippen molar-refractivity contribution >= 4 is 18.4 Å². The zero-order chi connectivity index (χ0) is 15.2. The van der Waals surface area contributed by atoms with Gasteiger partial charge in [-0.05, 0) is 43.4 Å². The second-order valence-corrected chi connectivity index (χ2v) is 6.07. The van der Waals surface area contributed by atoms with E-state index in [1.54, 1.807) is 6.20 Å². The summed E-state index contributed by atoms with van der Waals surface area (Å²) in [5.41, 5.74) is 1.14. The van der Waals surface area contributed by atoms with E-state index in [2.05, 4.69) is 34.0 Å².